The number of allylic oxidation sites excluding steroid dienone is 4. The molecule has 1 unspecified atom stereocenters. The van der Waals surface area contributed by atoms with Gasteiger partial charge in [0.1, 0.15) is 6.61 Å². The van der Waals surface area contributed by atoms with Gasteiger partial charge in [0.25, 0.3) is 0 Å². The van der Waals surface area contributed by atoms with Crippen molar-refractivity contribution in [3.05, 3.63) is 24.3 Å². The first kappa shape index (κ1) is 49.5. The van der Waals surface area contributed by atoms with Gasteiger partial charge in [-0.1, -0.05) is 141 Å². The zero-order chi connectivity index (χ0) is 37.5. The summed E-state index contributed by atoms with van der Waals surface area (Å²) in [4.78, 5) is 34.8. The molecule has 3 N–H and O–H groups in total. The molecule has 9 nitrogen and oxygen atoms in total. The molecule has 0 aliphatic carbocycles. The monoisotopic (exact) mass is 744 g/mol. The summed E-state index contributed by atoms with van der Waals surface area (Å²) in [5.74, 6) is -0.849. The van der Waals surface area contributed by atoms with Gasteiger partial charge in [0.2, 0.25) is 0 Å². The van der Waals surface area contributed by atoms with Crippen LogP contribution in [0, 0.1) is 0 Å². The van der Waals surface area contributed by atoms with Crippen LogP contribution in [0.3, 0.4) is 0 Å². The van der Waals surface area contributed by atoms with E-state index in [4.69, 9.17) is 24.3 Å². The minimum atomic E-state index is -4.37. The van der Waals surface area contributed by atoms with E-state index in [-0.39, 0.29) is 38.6 Å². The van der Waals surface area contributed by atoms with Gasteiger partial charge in [-0.2, -0.15) is 0 Å². The van der Waals surface area contributed by atoms with Gasteiger partial charge in [-0.25, -0.2) is 4.57 Å². The van der Waals surface area contributed by atoms with Gasteiger partial charge in [0, 0.05) is 19.4 Å². The van der Waals surface area contributed by atoms with E-state index < -0.39 is 26.5 Å². The second kappa shape index (κ2) is 38.2. The van der Waals surface area contributed by atoms with Crippen molar-refractivity contribution in [2.24, 2.45) is 5.73 Å². The highest BCUT2D eigenvalue weighted by atomic mass is 31.2. The molecule has 51 heavy (non-hydrogen) atoms. The summed E-state index contributed by atoms with van der Waals surface area (Å²) in [5, 5.41) is 0. The molecule has 0 saturated heterocycles. The van der Waals surface area contributed by atoms with Crippen LogP contribution in [0.25, 0.3) is 0 Å². The summed E-state index contributed by atoms with van der Waals surface area (Å²) in [6.07, 6.45) is 39.2. The number of esters is 2. The van der Waals surface area contributed by atoms with E-state index in [9.17, 15) is 19.0 Å². The minimum Gasteiger partial charge on any atom is -0.462 e. The predicted octanol–water partition coefficient (Wildman–Crippen LogP) is 11.6. The number of hydrogen-bond acceptors (Lipinski definition) is 8. The van der Waals surface area contributed by atoms with Gasteiger partial charge in [-0.3, -0.25) is 18.6 Å². The minimum absolute atomic E-state index is 0.0514. The number of hydrogen-bond donors (Lipinski definition) is 2. The van der Waals surface area contributed by atoms with Gasteiger partial charge in [-0.05, 0) is 64.2 Å². The Morgan fingerprint density at radius 2 is 0.961 bits per heavy atom. The Kier molecular flexibility index (Phi) is 37.1. The zero-order valence-corrected chi connectivity index (χ0v) is 33.7. The first-order valence-corrected chi connectivity index (χ1v) is 22.3. The van der Waals surface area contributed by atoms with Crippen molar-refractivity contribution < 1.29 is 37.6 Å². The van der Waals surface area contributed by atoms with Crippen molar-refractivity contribution in [3.8, 4) is 0 Å². The third kappa shape index (κ3) is 38.0. The summed E-state index contributed by atoms with van der Waals surface area (Å²) >= 11 is 0. The number of carbonyl (C=O) groups excluding carboxylic acids is 2. The maximum absolute atomic E-state index is 12.5. The molecule has 0 aromatic rings. The Morgan fingerprint density at radius 1 is 0.569 bits per heavy atom. The average Bonchev–Trinajstić information content (AvgIpc) is 3.11. The lowest BCUT2D eigenvalue weighted by molar-refractivity contribution is -0.161. The fraction of sp³-hybridized carbons (Fsp3) is 0.854. The number of phosphoric acid groups is 1. The van der Waals surface area contributed by atoms with E-state index >= 15 is 0 Å². The lowest BCUT2D eigenvalue weighted by atomic mass is 10.1. The number of unbranched alkanes of at least 4 members (excludes halogenated alkanes) is 22. The molecule has 0 aromatic heterocycles. The van der Waals surface area contributed by atoms with Crippen molar-refractivity contribution in [2.75, 3.05) is 26.4 Å². The Morgan fingerprint density at radius 3 is 1.41 bits per heavy atom. The maximum Gasteiger partial charge on any atom is 0.472 e. The highest BCUT2D eigenvalue weighted by molar-refractivity contribution is 7.47. The van der Waals surface area contributed by atoms with Crippen LogP contribution in [0.2, 0.25) is 0 Å². The predicted molar refractivity (Wildman–Crippen MR) is 211 cm³/mol. The first-order valence-electron chi connectivity index (χ1n) is 20.8. The Hall–Kier alpha value is -1.51. The third-order valence-corrected chi connectivity index (χ3v) is 9.79. The second-order valence-corrected chi connectivity index (χ2v) is 15.3. The summed E-state index contributed by atoms with van der Waals surface area (Å²) in [5.41, 5.74) is 5.34. The molecule has 0 amide bonds. The molecular weight excluding hydrogens is 665 g/mol. The number of phosphoric ester groups is 1. The standard InChI is InChI=1S/C41H78NO8P/c1-3-5-7-9-11-13-15-17-18-19-20-22-23-25-27-29-31-33-40(43)47-37-39(38-49-51(45,46)48-36-35-42)50-41(44)34-32-30-28-26-24-21-16-14-12-10-8-6-4-2/h17-18,21,24,39H,3-16,19-20,22-23,25-38,42H2,1-2H3,(H,45,46)/b18-17+,24-21+/t39-/m1/s1. The van der Waals surface area contributed by atoms with Crippen LogP contribution in [0.4, 0.5) is 0 Å². The van der Waals surface area contributed by atoms with Gasteiger partial charge in [0.15, 0.2) is 6.10 Å². The highest BCUT2D eigenvalue weighted by Gasteiger charge is 2.26. The molecule has 0 aliphatic rings. The number of ether oxygens (including phenoxy) is 2. The first-order chi connectivity index (χ1) is 24.8. The number of carbonyl (C=O) groups is 2. The zero-order valence-electron chi connectivity index (χ0n) is 32.8. The van der Waals surface area contributed by atoms with Gasteiger partial charge in [0.05, 0.1) is 13.2 Å². The lowest BCUT2D eigenvalue weighted by Gasteiger charge is -2.19. The molecule has 0 bridgehead atoms. The normalized spacial score (nSPS) is 13.6. The molecule has 0 aliphatic heterocycles. The molecule has 0 radical (unpaired) electrons. The van der Waals surface area contributed by atoms with E-state index in [2.05, 4.69) is 38.2 Å². The van der Waals surface area contributed by atoms with Crippen LogP contribution in [0.1, 0.15) is 194 Å². The smallest absolute Gasteiger partial charge is 0.462 e. The van der Waals surface area contributed by atoms with Crippen LogP contribution in [0.5, 0.6) is 0 Å². The van der Waals surface area contributed by atoms with Gasteiger partial charge in [-0.15, -0.1) is 0 Å². The van der Waals surface area contributed by atoms with E-state index in [1.165, 1.54) is 103 Å². The molecule has 10 heteroatoms. The summed E-state index contributed by atoms with van der Waals surface area (Å²) in [6, 6.07) is 0. The number of nitrogens with two attached hydrogens (primary N) is 1. The second-order valence-electron chi connectivity index (χ2n) is 13.8. The quantitative estimate of drug-likeness (QED) is 0.0273. The van der Waals surface area contributed by atoms with Crippen molar-refractivity contribution in [2.45, 2.75) is 200 Å². The fourth-order valence-electron chi connectivity index (χ4n) is 5.68. The molecule has 0 spiro atoms. The van der Waals surface area contributed by atoms with Crippen LogP contribution in [-0.2, 0) is 32.7 Å². The molecule has 0 heterocycles. The highest BCUT2D eigenvalue weighted by Crippen LogP contribution is 2.43. The molecule has 0 fully saturated rings. The summed E-state index contributed by atoms with van der Waals surface area (Å²) in [6.45, 7) is 3.70. The largest absolute Gasteiger partial charge is 0.472 e. The van der Waals surface area contributed by atoms with Crippen molar-refractivity contribution in [1.29, 1.82) is 0 Å². The molecular formula is C41H78NO8P. The lowest BCUT2D eigenvalue weighted by Crippen LogP contribution is -2.29. The van der Waals surface area contributed by atoms with Crippen molar-refractivity contribution >= 4 is 19.8 Å². The summed E-state index contributed by atoms with van der Waals surface area (Å²) in [7, 11) is -4.37. The molecule has 0 saturated carbocycles. The van der Waals surface area contributed by atoms with E-state index in [1.807, 2.05) is 0 Å². The van der Waals surface area contributed by atoms with Crippen LogP contribution >= 0.6 is 7.82 Å². The van der Waals surface area contributed by atoms with Crippen LogP contribution in [-0.4, -0.2) is 49.3 Å². The SMILES string of the molecule is CCCCCCCC/C=C/CCCCCCCCCC(=O)OC[C@H](COP(=O)(O)OCCN)OC(=O)CCCCC/C=C/CCCCCCCC. The van der Waals surface area contributed by atoms with Gasteiger partial charge < -0.3 is 20.1 Å². The van der Waals surface area contributed by atoms with E-state index in [0.717, 1.165) is 57.8 Å². The van der Waals surface area contributed by atoms with E-state index in [0.29, 0.717) is 6.42 Å². The fourth-order valence-corrected chi connectivity index (χ4v) is 6.45. The third-order valence-electron chi connectivity index (χ3n) is 8.81. The van der Waals surface area contributed by atoms with E-state index in [1.54, 1.807) is 0 Å². The Balaban J connectivity index is 4.18. The van der Waals surface area contributed by atoms with Gasteiger partial charge >= 0.3 is 19.8 Å². The Bertz CT molecular complexity index is 897. The topological polar surface area (TPSA) is 134 Å². The number of rotatable bonds is 39. The molecule has 2 atom stereocenters. The van der Waals surface area contributed by atoms with Crippen molar-refractivity contribution in [3.63, 3.8) is 0 Å². The van der Waals surface area contributed by atoms with Crippen molar-refractivity contribution in [1.82, 2.24) is 0 Å². The van der Waals surface area contributed by atoms with Crippen LogP contribution in [0.15, 0.2) is 24.3 Å². The average molecular weight is 744 g/mol. The molecule has 300 valence electrons. The molecule has 0 aromatic carbocycles. The molecule has 0 rings (SSSR count). The van der Waals surface area contributed by atoms with Crippen LogP contribution < -0.4 is 5.73 Å². The maximum atomic E-state index is 12.5. The Labute approximate surface area is 312 Å². The summed E-state index contributed by atoms with van der Waals surface area (Å²) < 4.78 is 32.7.